The van der Waals surface area contributed by atoms with Crippen LogP contribution in [0.2, 0.25) is 0 Å². The van der Waals surface area contributed by atoms with E-state index in [1.807, 2.05) is 6.07 Å². The van der Waals surface area contributed by atoms with Gasteiger partial charge in [0.15, 0.2) is 11.5 Å². The third kappa shape index (κ3) is 4.56. The number of amides is 1. The fourth-order valence-electron chi connectivity index (χ4n) is 3.75. The number of ether oxygens (including phenoxy) is 3. The second-order valence-electron chi connectivity index (χ2n) is 7.60. The van der Waals surface area contributed by atoms with Gasteiger partial charge in [0.25, 0.3) is 5.91 Å². The highest BCUT2D eigenvalue weighted by Gasteiger charge is 2.34. The Labute approximate surface area is 186 Å². The van der Waals surface area contributed by atoms with Gasteiger partial charge in [-0.15, -0.1) is 0 Å². The van der Waals surface area contributed by atoms with Crippen LogP contribution in [-0.4, -0.2) is 57.5 Å². The van der Waals surface area contributed by atoms with E-state index in [9.17, 15) is 18.0 Å². The number of piperidine rings is 1. The van der Waals surface area contributed by atoms with Gasteiger partial charge in [-0.3, -0.25) is 9.59 Å². The Hall–Kier alpha value is -3.11. The summed E-state index contributed by atoms with van der Waals surface area (Å²) in [7, 11) is -2.47. The minimum absolute atomic E-state index is 0.0750. The molecule has 0 radical (unpaired) electrons. The standard InChI is InChI=1S/C22H24N2O7S/c1-29-22(26)15-5-4-12-24(13-15)32(27,28)17-10-8-16(9-11-17)23-21(25)20-14-30-18-6-2-3-7-19(18)31-20/h2-3,6-11,15,20H,4-5,12-14H2,1H3,(H,23,25)/t15-,20+/m0/s1. The third-order valence-corrected chi connectivity index (χ3v) is 7.36. The van der Waals surface area contributed by atoms with Gasteiger partial charge in [-0.25, -0.2) is 8.42 Å². The van der Waals surface area contributed by atoms with Crippen molar-refractivity contribution >= 4 is 27.6 Å². The molecule has 32 heavy (non-hydrogen) atoms. The molecule has 0 unspecified atom stereocenters. The van der Waals surface area contributed by atoms with E-state index in [0.717, 1.165) is 0 Å². The predicted molar refractivity (Wildman–Crippen MR) is 115 cm³/mol. The molecular weight excluding hydrogens is 436 g/mol. The van der Waals surface area contributed by atoms with Crippen LogP contribution in [0.4, 0.5) is 5.69 Å². The van der Waals surface area contributed by atoms with Crippen molar-refractivity contribution in [2.45, 2.75) is 23.8 Å². The lowest BCUT2D eigenvalue weighted by Gasteiger charge is -2.30. The minimum atomic E-state index is -3.77. The summed E-state index contributed by atoms with van der Waals surface area (Å²) < 4.78 is 43.3. The number of anilines is 1. The molecular formula is C22H24N2O7S. The lowest BCUT2D eigenvalue weighted by molar-refractivity contribution is -0.146. The van der Waals surface area contributed by atoms with Gasteiger partial charge < -0.3 is 19.5 Å². The Morgan fingerprint density at radius 1 is 1.09 bits per heavy atom. The molecule has 2 atom stereocenters. The Bertz CT molecular complexity index is 1100. The van der Waals surface area contributed by atoms with E-state index in [1.165, 1.54) is 35.7 Å². The molecule has 2 aromatic carbocycles. The van der Waals surface area contributed by atoms with Gasteiger partial charge in [0.2, 0.25) is 16.1 Å². The topological polar surface area (TPSA) is 111 Å². The second kappa shape index (κ2) is 9.17. The number of methoxy groups -OCH3 is 1. The van der Waals surface area contributed by atoms with Crippen LogP contribution in [0.15, 0.2) is 53.4 Å². The summed E-state index contributed by atoms with van der Waals surface area (Å²) in [4.78, 5) is 24.5. The first-order valence-electron chi connectivity index (χ1n) is 10.3. The summed E-state index contributed by atoms with van der Waals surface area (Å²) in [6.45, 7) is 0.508. The molecule has 0 spiro atoms. The van der Waals surface area contributed by atoms with Crippen molar-refractivity contribution in [3.05, 3.63) is 48.5 Å². The van der Waals surface area contributed by atoms with Gasteiger partial charge in [-0.2, -0.15) is 4.31 Å². The number of esters is 1. The van der Waals surface area contributed by atoms with Crippen LogP contribution in [0.25, 0.3) is 0 Å². The quantitative estimate of drug-likeness (QED) is 0.680. The zero-order chi connectivity index (χ0) is 22.7. The average molecular weight is 461 g/mol. The fourth-order valence-corrected chi connectivity index (χ4v) is 5.27. The molecule has 1 amide bonds. The number of rotatable bonds is 5. The number of fused-ring (bicyclic) bond motifs is 1. The third-order valence-electron chi connectivity index (χ3n) is 5.48. The van der Waals surface area contributed by atoms with Crippen LogP contribution in [0, 0.1) is 5.92 Å². The summed E-state index contributed by atoms with van der Waals surface area (Å²) in [5, 5.41) is 2.72. The van der Waals surface area contributed by atoms with Crippen LogP contribution in [0.5, 0.6) is 11.5 Å². The van der Waals surface area contributed by atoms with Crippen LogP contribution >= 0.6 is 0 Å². The summed E-state index contributed by atoms with van der Waals surface area (Å²) in [5.41, 5.74) is 0.433. The van der Waals surface area contributed by atoms with Gasteiger partial charge in [0, 0.05) is 18.8 Å². The molecule has 4 rings (SSSR count). The molecule has 2 heterocycles. The lowest BCUT2D eigenvalue weighted by Crippen LogP contribution is -2.42. The van der Waals surface area contributed by atoms with E-state index < -0.39 is 33.9 Å². The van der Waals surface area contributed by atoms with Crippen LogP contribution < -0.4 is 14.8 Å². The molecule has 2 aliphatic rings. The number of hydrogen-bond donors (Lipinski definition) is 1. The molecule has 1 saturated heterocycles. The molecule has 0 aliphatic carbocycles. The van der Waals surface area contributed by atoms with Crippen molar-refractivity contribution in [2.24, 2.45) is 5.92 Å². The first-order chi connectivity index (χ1) is 15.4. The summed E-state index contributed by atoms with van der Waals surface area (Å²) >= 11 is 0. The van der Waals surface area contributed by atoms with E-state index in [-0.39, 0.29) is 18.0 Å². The monoisotopic (exact) mass is 460 g/mol. The van der Waals surface area contributed by atoms with E-state index >= 15 is 0 Å². The van der Waals surface area contributed by atoms with Gasteiger partial charge >= 0.3 is 5.97 Å². The highest BCUT2D eigenvalue weighted by atomic mass is 32.2. The second-order valence-corrected chi connectivity index (χ2v) is 9.54. The molecule has 10 heteroatoms. The molecule has 0 bridgehead atoms. The molecule has 2 aromatic rings. The first kappa shape index (κ1) is 22.1. The maximum Gasteiger partial charge on any atom is 0.309 e. The largest absolute Gasteiger partial charge is 0.485 e. The maximum atomic E-state index is 13.0. The van der Waals surface area contributed by atoms with Gasteiger partial charge in [-0.05, 0) is 49.2 Å². The van der Waals surface area contributed by atoms with Crippen LogP contribution in [0.1, 0.15) is 12.8 Å². The molecule has 1 N–H and O–H groups in total. The van der Waals surface area contributed by atoms with Crippen molar-refractivity contribution in [3.8, 4) is 11.5 Å². The van der Waals surface area contributed by atoms with E-state index in [2.05, 4.69) is 5.32 Å². The number of para-hydroxylation sites is 2. The summed E-state index contributed by atoms with van der Waals surface area (Å²) in [6, 6.07) is 13.0. The molecule has 0 aromatic heterocycles. The SMILES string of the molecule is COC(=O)[C@H]1CCCN(S(=O)(=O)c2ccc(NC(=O)[C@H]3COc4ccccc4O3)cc2)C1. The zero-order valence-electron chi connectivity index (χ0n) is 17.5. The van der Waals surface area contributed by atoms with Gasteiger partial charge in [-0.1, -0.05) is 12.1 Å². The van der Waals surface area contributed by atoms with Crippen LogP contribution in [-0.2, 0) is 24.3 Å². The molecule has 9 nitrogen and oxygen atoms in total. The average Bonchev–Trinajstić information content (AvgIpc) is 2.83. The van der Waals surface area contributed by atoms with Crippen molar-refractivity contribution in [3.63, 3.8) is 0 Å². The van der Waals surface area contributed by atoms with E-state index in [0.29, 0.717) is 36.6 Å². The van der Waals surface area contributed by atoms with E-state index in [4.69, 9.17) is 14.2 Å². The Balaban J connectivity index is 1.40. The van der Waals surface area contributed by atoms with Gasteiger partial charge in [0.1, 0.15) is 6.61 Å². The number of hydrogen-bond acceptors (Lipinski definition) is 7. The number of carbonyl (C=O) groups is 2. The number of nitrogens with zero attached hydrogens (tertiary/aromatic N) is 1. The molecule has 2 aliphatic heterocycles. The highest BCUT2D eigenvalue weighted by molar-refractivity contribution is 7.89. The maximum absolute atomic E-state index is 13.0. The lowest BCUT2D eigenvalue weighted by atomic mass is 10.0. The molecule has 0 saturated carbocycles. The fraction of sp³-hybridized carbons (Fsp3) is 0.364. The smallest absolute Gasteiger partial charge is 0.309 e. The molecule has 170 valence electrons. The Morgan fingerprint density at radius 2 is 1.81 bits per heavy atom. The summed E-state index contributed by atoms with van der Waals surface area (Å²) in [5.74, 6) is -0.193. The summed E-state index contributed by atoms with van der Waals surface area (Å²) in [6.07, 6.45) is 0.359. The number of nitrogens with one attached hydrogen (secondary N) is 1. The molecule has 1 fully saturated rings. The van der Waals surface area contributed by atoms with Gasteiger partial charge in [0.05, 0.1) is 17.9 Å². The first-order valence-corrected chi connectivity index (χ1v) is 11.7. The van der Waals surface area contributed by atoms with Crippen molar-refractivity contribution in [1.82, 2.24) is 4.31 Å². The predicted octanol–water partition coefficient (Wildman–Crippen LogP) is 2.04. The normalized spacial score (nSPS) is 20.9. The number of carbonyl (C=O) groups excluding carboxylic acids is 2. The zero-order valence-corrected chi connectivity index (χ0v) is 18.3. The van der Waals surface area contributed by atoms with Crippen molar-refractivity contribution in [2.75, 3.05) is 32.1 Å². The van der Waals surface area contributed by atoms with Crippen molar-refractivity contribution in [1.29, 1.82) is 0 Å². The highest BCUT2D eigenvalue weighted by Crippen LogP contribution is 2.31. The van der Waals surface area contributed by atoms with Crippen LogP contribution in [0.3, 0.4) is 0 Å². The Morgan fingerprint density at radius 3 is 2.53 bits per heavy atom. The van der Waals surface area contributed by atoms with Crippen molar-refractivity contribution < 1.29 is 32.2 Å². The Kier molecular flexibility index (Phi) is 6.33. The number of sulfonamides is 1. The minimum Gasteiger partial charge on any atom is -0.485 e. The van der Waals surface area contributed by atoms with E-state index in [1.54, 1.807) is 18.2 Å². The number of benzene rings is 2.